The standard InChI is InChI=1S/C24H30N4O5/c1-23(2,3)33-22(31)25-9-10-27-18(12-25)19-20(29)26(11-17-7-5-4-6-8-17)13-24(15-32-16-24)14-28(19)21(27)30/h4-8H,9-16H2,1-3H3. The SMILES string of the molecule is CC(C)(C)OC(=O)N1CCn2c(c3n(c2=O)CC2(COC2)CN(Cc2ccccc2)C3=O)C1. The number of carbonyl (C=O) groups excluding carboxylic acids is 2. The zero-order valence-electron chi connectivity index (χ0n) is 19.4. The molecule has 1 aromatic heterocycles. The third kappa shape index (κ3) is 3.94. The van der Waals surface area contributed by atoms with Crippen molar-refractivity contribution < 1.29 is 19.1 Å². The average molecular weight is 455 g/mol. The van der Waals surface area contributed by atoms with E-state index in [4.69, 9.17) is 9.47 Å². The molecule has 0 unspecified atom stereocenters. The highest BCUT2D eigenvalue weighted by atomic mass is 16.6. The summed E-state index contributed by atoms with van der Waals surface area (Å²) in [5.41, 5.74) is 0.906. The van der Waals surface area contributed by atoms with Crippen molar-refractivity contribution in [2.24, 2.45) is 5.41 Å². The highest BCUT2D eigenvalue weighted by Crippen LogP contribution is 2.35. The summed E-state index contributed by atoms with van der Waals surface area (Å²) in [5.74, 6) is -0.181. The molecule has 0 aliphatic carbocycles. The average Bonchev–Trinajstić information content (AvgIpc) is 2.92. The van der Waals surface area contributed by atoms with Crippen LogP contribution in [0.4, 0.5) is 4.79 Å². The van der Waals surface area contributed by atoms with Gasteiger partial charge in [0.1, 0.15) is 11.3 Å². The van der Waals surface area contributed by atoms with Crippen LogP contribution in [-0.4, -0.2) is 62.8 Å². The lowest BCUT2D eigenvalue weighted by Gasteiger charge is -2.42. The number of carbonyl (C=O) groups is 2. The number of benzene rings is 1. The van der Waals surface area contributed by atoms with E-state index in [1.165, 1.54) is 0 Å². The van der Waals surface area contributed by atoms with Crippen LogP contribution in [0.1, 0.15) is 42.5 Å². The number of hydrogen-bond donors (Lipinski definition) is 0. The van der Waals surface area contributed by atoms with Gasteiger partial charge in [0.2, 0.25) is 0 Å². The summed E-state index contributed by atoms with van der Waals surface area (Å²) >= 11 is 0. The van der Waals surface area contributed by atoms with Crippen LogP contribution in [0.2, 0.25) is 0 Å². The van der Waals surface area contributed by atoms with E-state index >= 15 is 0 Å². The van der Waals surface area contributed by atoms with Crippen LogP contribution >= 0.6 is 0 Å². The lowest BCUT2D eigenvalue weighted by molar-refractivity contribution is -0.129. The Bertz CT molecular complexity index is 1140. The van der Waals surface area contributed by atoms with E-state index in [0.717, 1.165) is 5.56 Å². The van der Waals surface area contributed by atoms with E-state index in [1.54, 1.807) is 14.0 Å². The first-order chi connectivity index (χ1) is 15.7. The van der Waals surface area contributed by atoms with Crippen molar-refractivity contribution in [1.82, 2.24) is 18.9 Å². The minimum absolute atomic E-state index is 0.168. The number of imidazole rings is 1. The van der Waals surface area contributed by atoms with Crippen LogP contribution in [0.5, 0.6) is 0 Å². The smallest absolute Gasteiger partial charge is 0.410 e. The maximum atomic E-state index is 13.8. The van der Waals surface area contributed by atoms with Gasteiger partial charge in [0, 0.05) is 32.7 Å². The molecule has 0 N–H and O–H groups in total. The molecule has 3 aliphatic rings. The summed E-state index contributed by atoms with van der Waals surface area (Å²) in [6.45, 7) is 8.77. The van der Waals surface area contributed by atoms with Gasteiger partial charge in [-0.2, -0.15) is 0 Å². The molecule has 3 aliphatic heterocycles. The Labute approximate surface area is 192 Å². The van der Waals surface area contributed by atoms with Gasteiger partial charge in [-0.15, -0.1) is 0 Å². The number of nitrogens with zero attached hydrogens (tertiary/aromatic N) is 4. The predicted octanol–water partition coefficient (Wildman–Crippen LogP) is 2.07. The zero-order chi connectivity index (χ0) is 23.4. The van der Waals surface area contributed by atoms with Crippen molar-refractivity contribution in [2.45, 2.75) is 52.6 Å². The Morgan fingerprint density at radius 2 is 1.79 bits per heavy atom. The van der Waals surface area contributed by atoms with E-state index < -0.39 is 11.7 Å². The normalized spacial score (nSPS) is 19.5. The topological polar surface area (TPSA) is 86.0 Å². The molecule has 9 heteroatoms. The van der Waals surface area contributed by atoms with Gasteiger partial charge in [0.25, 0.3) is 5.91 Å². The molecule has 1 saturated heterocycles. The van der Waals surface area contributed by atoms with Gasteiger partial charge in [-0.3, -0.25) is 13.9 Å². The molecule has 0 radical (unpaired) electrons. The van der Waals surface area contributed by atoms with Crippen LogP contribution in [0.3, 0.4) is 0 Å². The van der Waals surface area contributed by atoms with Gasteiger partial charge in [0.15, 0.2) is 0 Å². The maximum absolute atomic E-state index is 13.8. The molecule has 1 spiro atoms. The van der Waals surface area contributed by atoms with Crippen LogP contribution in [-0.2, 0) is 35.7 Å². The van der Waals surface area contributed by atoms with E-state index in [1.807, 2.05) is 56.0 Å². The minimum atomic E-state index is -0.620. The second-order valence-electron chi connectivity index (χ2n) is 10.4. The first kappa shape index (κ1) is 21.8. The fourth-order valence-corrected chi connectivity index (χ4v) is 4.90. The van der Waals surface area contributed by atoms with Crippen molar-refractivity contribution in [3.63, 3.8) is 0 Å². The maximum Gasteiger partial charge on any atom is 0.410 e. The number of ether oxygens (including phenoxy) is 2. The van der Waals surface area contributed by atoms with Gasteiger partial charge >= 0.3 is 11.8 Å². The quantitative estimate of drug-likeness (QED) is 0.694. The second-order valence-corrected chi connectivity index (χ2v) is 10.4. The third-order valence-electron chi connectivity index (χ3n) is 6.46. The van der Waals surface area contributed by atoms with Crippen molar-refractivity contribution in [3.8, 4) is 0 Å². The molecule has 0 bridgehead atoms. The fraction of sp³-hybridized carbons (Fsp3) is 0.542. The largest absolute Gasteiger partial charge is 0.444 e. The molecule has 0 saturated carbocycles. The monoisotopic (exact) mass is 454 g/mol. The molecule has 5 rings (SSSR count). The summed E-state index contributed by atoms with van der Waals surface area (Å²) in [6.07, 6.45) is -0.438. The van der Waals surface area contributed by atoms with Crippen molar-refractivity contribution in [1.29, 1.82) is 0 Å². The van der Waals surface area contributed by atoms with Crippen molar-refractivity contribution >= 4 is 12.0 Å². The van der Waals surface area contributed by atoms with E-state index in [0.29, 0.717) is 57.3 Å². The molecule has 4 heterocycles. The van der Waals surface area contributed by atoms with Crippen molar-refractivity contribution in [3.05, 3.63) is 57.8 Å². The summed E-state index contributed by atoms with van der Waals surface area (Å²) in [4.78, 5) is 43.3. The molecular weight excluding hydrogens is 424 g/mol. The lowest BCUT2D eigenvalue weighted by Crippen LogP contribution is -2.53. The molecule has 33 heavy (non-hydrogen) atoms. The third-order valence-corrected chi connectivity index (χ3v) is 6.46. The van der Waals surface area contributed by atoms with Crippen LogP contribution in [0.15, 0.2) is 35.1 Å². The zero-order valence-corrected chi connectivity index (χ0v) is 19.4. The van der Waals surface area contributed by atoms with Crippen LogP contribution in [0.25, 0.3) is 0 Å². The molecule has 176 valence electrons. The van der Waals surface area contributed by atoms with Gasteiger partial charge in [0.05, 0.1) is 30.9 Å². The number of amides is 2. The van der Waals surface area contributed by atoms with Crippen LogP contribution < -0.4 is 5.69 Å². The summed E-state index contributed by atoms with van der Waals surface area (Å²) in [6, 6.07) is 9.84. The van der Waals surface area contributed by atoms with Gasteiger partial charge < -0.3 is 19.3 Å². The lowest BCUT2D eigenvalue weighted by atomic mass is 9.85. The highest BCUT2D eigenvalue weighted by Gasteiger charge is 2.47. The number of rotatable bonds is 2. The first-order valence-electron chi connectivity index (χ1n) is 11.4. The van der Waals surface area contributed by atoms with Gasteiger partial charge in [-0.25, -0.2) is 9.59 Å². The van der Waals surface area contributed by atoms with Crippen LogP contribution in [0, 0.1) is 5.41 Å². The molecule has 1 fully saturated rings. The van der Waals surface area contributed by atoms with E-state index in [-0.39, 0.29) is 23.6 Å². The summed E-state index contributed by atoms with van der Waals surface area (Å²) < 4.78 is 14.3. The Hall–Kier alpha value is -3.07. The number of hydrogen-bond acceptors (Lipinski definition) is 5. The Balaban J connectivity index is 1.52. The fourth-order valence-electron chi connectivity index (χ4n) is 4.90. The predicted molar refractivity (Wildman–Crippen MR) is 120 cm³/mol. The van der Waals surface area contributed by atoms with Gasteiger partial charge in [-0.05, 0) is 26.3 Å². The summed E-state index contributed by atoms with van der Waals surface area (Å²) in [5, 5.41) is 0. The Morgan fingerprint density at radius 1 is 1.06 bits per heavy atom. The highest BCUT2D eigenvalue weighted by molar-refractivity contribution is 5.94. The molecule has 2 amide bonds. The molecule has 0 atom stereocenters. The molecule has 2 aromatic rings. The molecule has 1 aromatic carbocycles. The van der Waals surface area contributed by atoms with E-state index in [2.05, 4.69) is 0 Å². The molecular formula is C24H30N4O5. The molecule has 9 nitrogen and oxygen atoms in total. The van der Waals surface area contributed by atoms with Crippen molar-refractivity contribution in [2.75, 3.05) is 26.3 Å². The minimum Gasteiger partial charge on any atom is -0.444 e. The summed E-state index contributed by atoms with van der Waals surface area (Å²) in [7, 11) is 0. The van der Waals surface area contributed by atoms with E-state index in [9.17, 15) is 14.4 Å². The van der Waals surface area contributed by atoms with Gasteiger partial charge in [-0.1, -0.05) is 30.3 Å². The first-order valence-corrected chi connectivity index (χ1v) is 11.4. The number of fused-ring (bicyclic) bond motifs is 3. The second kappa shape index (κ2) is 7.76. The Kier molecular flexibility index (Phi) is 5.12. The number of aromatic nitrogens is 2. The Morgan fingerprint density at radius 3 is 2.42 bits per heavy atom.